The maximum absolute atomic E-state index is 4.14. The smallest absolute Gasteiger partial charge is 0.0794 e. The monoisotopic (exact) mass is 242 g/mol. The van der Waals surface area contributed by atoms with Gasteiger partial charge in [-0.25, -0.2) is 0 Å². The molecule has 15 heavy (non-hydrogen) atoms. The lowest BCUT2D eigenvalue weighted by Gasteiger charge is -2.32. The zero-order valence-corrected chi connectivity index (χ0v) is 11.0. The lowest BCUT2D eigenvalue weighted by atomic mass is 9.93. The van der Waals surface area contributed by atoms with Crippen LogP contribution in [0.25, 0.3) is 0 Å². The average Bonchev–Trinajstić information content (AvgIpc) is 2.85. The van der Waals surface area contributed by atoms with Crippen LogP contribution in [0.2, 0.25) is 0 Å². The summed E-state index contributed by atoms with van der Waals surface area (Å²) in [4.78, 5) is 5.53. The van der Waals surface area contributed by atoms with E-state index in [0.29, 0.717) is 10.8 Å². The van der Waals surface area contributed by atoms with Crippen molar-refractivity contribution < 1.29 is 0 Å². The molecule has 2 heterocycles. The molecular weight excluding hydrogens is 224 g/mol. The van der Waals surface area contributed by atoms with Gasteiger partial charge in [-0.2, -0.15) is 11.8 Å². The normalized spacial score (nSPS) is 28.1. The maximum Gasteiger partial charge on any atom is 0.0794 e. The highest BCUT2D eigenvalue weighted by Gasteiger charge is 2.37. The molecule has 2 rings (SSSR count). The fourth-order valence-electron chi connectivity index (χ4n) is 2.24. The van der Waals surface area contributed by atoms with Gasteiger partial charge in [-0.1, -0.05) is 0 Å². The number of hydrogen-bond acceptors (Lipinski definition) is 4. The third-order valence-electron chi connectivity index (χ3n) is 3.22. The molecule has 0 amide bonds. The highest BCUT2D eigenvalue weighted by atomic mass is 32.2. The Morgan fingerprint density at radius 3 is 3.07 bits per heavy atom. The predicted octanol–water partition coefficient (Wildman–Crippen LogP) is 2.56. The summed E-state index contributed by atoms with van der Waals surface area (Å²) in [5.74, 6) is 1.32. The van der Waals surface area contributed by atoms with Crippen LogP contribution < -0.4 is 5.32 Å². The van der Waals surface area contributed by atoms with E-state index in [1.54, 1.807) is 11.3 Å². The lowest BCUT2D eigenvalue weighted by Crippen LogP contribution is -2.44. The molecule has 1 saturated heterocycles. The predicted molar refractivity (Wildman–Crippen MR) is 68.8 cm³/mol. The molecule has 1 aliphatic rings. The number of aromatic nitrogens is 1. The van der Waals surface area contributed by atoms with Crippen LogP contribution >= 0.6 is 23.1 Å². The Kier molecular flexibility index (Phi) is 3.69. The van der Waals surface area contributed by atoms with E-state index >= 15 is 0 Å². The first-order valence-electron chi connectivity index (χ1n) is 5.43. The van der Waals surface area contributed by atoms with Gasteiger partial charge in [0.05, 0.1) is 5.51 Å². The quantitative estimate of drug-likeness (QED) is 0.878. The van der Waals surface area contributed by atoms with Gasteiger partial charge in [0.2, 0.25) is 0 Å². The first-order valence-corrected chi connectivity index (χ1v) is 7.30. The van der Waals surface area contributed by atoms with Crippen molar-refractivity contribution in [1.82, 2.24) is 10.3 Å². The summed E-state index contributed by atoms with van der Waals surface area (Å²) >= 11 is 3.88. The minimum atomic E-state index is 0.415. The average molecular weight is 242 g/mol. The summed E-state index contributed by atoms with van der Waals surface area (Å²) in [6.07, 6.45) is 5.81. The lowest BCUT2D eigenvalue weighted by molar-refractivity contribution is 0.426. The van der Waals surface area contributed by atoms with Crippen LogP contribution in [0.1, 0.15) is 24.6 Å². The molecule has 0 saturated carbocycles. The number of nitrogens with zero attached hydrogens (tertiary/aromatic N) is 1. The fraction of sp³-hybridized carbons (Fsp3) is 0.727. The highest BCUT2D eigenvalue weighted by molar-refractivity contribution is 8.00. The van der Waals surface area contributed by atoms with Gasteiger partial charge < -0.3 is 5.32 Å². The zero-order chi connectivity index (χ0) is 10.7. The van der Waals surface area contributed by atoms with Crippen LogP contribution in [0.5, 0.6) is 0 Å². The molecule has 1 fully saturated rings. The Balaban J connectivity index is 2.03. The Labute approximate surface area is 99.9 Å². The second-order valence-corrected chi connectivity index (χ2v) is 6.88. The Morgan fingerprint density at radius 2 is 2.53 bits per heavy atom. The van der Waals surface area contributed by atoms with E-state index < -0.39 is 0 Å². The number of likely N-dealkylation sites (N-methyl/N-ethyl adjacent to an activating group) is 1. The minimum absolute atomic E-state index is 0.415. The molecule has 84 valence electrons. The third-order valence-corrected chi connectivity index (χ3v) is 5.67. The van der Waals surface area contributed by atoms with Gasteiger partial charge >= 0.3 is 0 Å². The summed E-state index contributed by atoms with van der Waals surface area (Å²) < 4.78 is 0.415. The SMILES string of the molecule is CNC(Cc1cncs1)C1(C)CCCS1. The Hall–Kier alpha value is -0.0600. The summed E-state index contributed by atoms with van der Waals surface area (Å²) in [5.41, 5.74) is 1.92. The van der Waals surface area contributed by atoms with Gasteiger partial charge in [-0.15, -0.1) is 11.3 Å². The molecule has 2 unspecified atom stereocenters. The standard InChI is InChI=1S/C11H18N2S2/c1-11(4-3-5-15-11)10(12-2)6-9-7-13-8-14-9/h7-8,10,12H,3-6H2,1-2H3. The second-order valence-electron chi connectivity index (χ2n) is 4.28. The van der Waals surface area contributed by atoms with Gasteiger partial charge in [0, 0.05) is 28.3 Å². The van der Waals surface area contributed by atoms with Crippen LogP contribution in [0, 0.1) is 0 Å². The van der Waals surface area contributed by atoms with E-state index in [4.69, 9.17) is 0 Å². The second kappa shape index (κ2) is 4.85. The zero-order valence-electron chi connectivity index (χ0n) is 9.32. The van der Waals surface area contributed by atoms with Crippen LogP contribution in [-0.2, 0) is 6.42 Å². The van der Waals surface area contributed by atoms with Gasteiger partial charge in [0.15, 0.2) is 0 Å². The molecule has 1 aliphatic heterocycles. The van der Waals surface area contributed by atoms with E-state index in [2.05, 4.69) is 36.0 Å². The number of thiazole rings is 1. The fourth-order valence-corrected chi connectivity index (χ4v) is 4.33. The molecule has 2 atom stereocenters. The summed E-state index contributed by atoms with van der Waals surface area (Å²) in [7, 11) is 2.08. The van der Waals surface area contributed by atoms with E-state index in [0.717, 1.165) is 6.42 Å². The molecule has 2 nitrogen and oxygen atoms in total. The third kappa shape index (κ3) is 2.55. The molecule has 1 aromatic rings. The molecule has 0 aliphatic carbocycles. The van der Waals surface area contributed by atoms with E-state index in [9.17, 15) is 0 Å². The van der Waals surface area contributed by atoms with E-state index in [1.807, 2.05) is 11.7 Å². The molecule has 0 radical (unpaired) electrons. The van der Waals surface area contributed by atoms with Crippen molar-refractivity contribution >= 4 is 23.1 Å². The van der Waals surface area contributed by atoms with Gasteiger partial charge in [-0.05, 0) is 32.6 Å². The number of hydrogen-bond donors (Lipinski definition) is 1. The van der Waals surface area contributed by atoms with Crippen molar-refractivity contribution in [3.8, 4) is 0 Å². The number of rotatable bonds is 4. The van der Waals surface area contributed by atoms with Crippen LogP contribution in [0.4, 0.5) is 0 Å². The Morgan fingerprint density at radius 1 is 1.67 bits per heavy atom. The molecule has 1 aromatic heterocycles. The number of nitrogens with one attached hydrogen (secondary N) is 1. The minimum Gasteiger partial charge on any atom is -0.315 e. The first kappa shape index (κ1) is 11.4. The molecule has 0 bridgehead atoms. The van der Waals surface area contributed by atoms with Gasteiger partial charge in [-0.3, -0.25) is 4.98 Å². The van der Waals surface area contributed by atoms with Crippen molar-refractivity contribution in [2.24, 2.45) is 0 Å². The molecule has 0 spiro atoms. The Bertz CT molecular complexity index is 292. The van der Waals surface area contributed by atoms with Gasteiger partial charge in [0.1, 0.15) is 0 Å². The summed E-state index contributed by atoms with van der Waals surface area (Å²) in [6, 6.07) is 0.574. The van der Waals surface area contributed by atoms with Gasteiger partial charge in [0.25, 0.3) is 0 Å². The topological polar surface area (TPSA) is 24.9 Å². The van der Waals surface area contributed by atoms with E-state index in [1.165, 1.54) is 23.5 Å². The van der Waals surface area contributed by atoms with Crippen molar-refractivity contribution in [2.45, 2.75) is 37.0 Å². The summed E-state index contributed by atoms with van der Waals surface area (Å²) in [6.45, 7) is 2.40. The maximum atomic E-state index is 4.14. The van der Waals surface area contributed by atoms with Crippen LogP contribution in [-0.4, -0.2) is 28.6 Å². The molecular formula is C11H18N2S2. The van der Waals surface area contributed by atoms with Crippen molar-refractivity contribution in [1.29, 1.82) is 0 Å². The first-order chi connectivity index (χ1) is 7.24. The summed E-state index contributed by atoms with van der Waals surface area (Å²) in [5, 5.41) is 3.48. The van der Waals surface area contributed by atoms with Crippen molar-refractivity contribution in [3.05, 3.63) is 16.6 Å². The van der Waals surface area contributed by atoms with Crippen LogP contribution in [0.15, 0.2) is 11.7 Å². The van der Waals surface area contributed by atoms with Crippen molar-refractivity contribution in [3.63, 3.8) is 0 Å². The van der Waals surface area contributed by atoms with E-state index in [-0.39, 0.29) is 0 Å². The van der Waals surface area contributed by atoms with Crippen LogP contribution in [0.3, 0.4) is 0 Å². The molecule has 1 N–H and O–H groups in total. The largest absolute Gasteiger partial charge is 0.315 e. The molecule has 4 heteroatoms. The van der Waals surface area contributed by atoms with Crippen molar-refractivity contribution in [2.75, 3.05) is 12.8 Å². The molecule has 0 aromatic carbocycles. The highest BCUT2D eigenvalue weighted by Crippen LogP contribution is 2.41. The number of thioether (sulfide) groups is 1.